The van der Waals surface area contributed by atoms with E-state index in [1.807, 2.05) is 0 Å². The maximum Gasteiger partial charge on any atom is 0.0158 e. The van der Waals surface area contributed by atoms with Gasteiger partial charge in [0, 0.05) is 4.75 Å². The van der Waals surface area contributed by atoms with Gasteiger partial charge in [0.05, 0.1) is 0 Å². The second-order valence-electron chi connectivity index (χ2n) is 9.35. The minimum Gasteiger partial charge on any atom is -0.179 e. The second kappa shape index (κ2) is 23.6. The van der Waals surface area contributed by atoms with Gasteiger partial charge in [0.2, 0.25) is 0 Å². The van der Waals surface area contributed by atoms with Gasteiger partial charge in [-0.05, 0) is 61.7 Å². The van der Waals surface area contributed by atoms with Gasteiger partial charge in [0.25, 0.3) is 0 Å². The van der Waals surface area contributed by atoms with Crippen LogP contribution in [-0.2, 0) is 0 Å². The summed E-state index contributed by atoms with van der Waals surface area (Å²) in [6.45, 7) is 2.30. The maximum absolute atomic E-state index is 5.39. The van der Waals surface area contributed by atoms with E-state index >= 15 is 0 Å². The Morgan fingerprint density at radius 1 is 0.500 bits per heavy atom. The summed E-state index contributed by atoms with van der Waals surface area (Å²) in [5, 5.41) is 0. The number of rotatable bonds is 24. The number of unbranched alkanes of at least 4 members (excludes halogenated alkanes) is 13. The van der Waals surface area contributed by atoms with E-state index in [0.29, 0.717) is 0 Å². The van der Waals surface area contributed by atoms with Crippen LogP contribution in [0.15, 0.2) is 0 Å². The lowest BCUT2D eigenvalue weighted by Gasteiger charge is -2.38. The molecule has 0 fully saturated rings. The summed E-state index contributed by atoms with van der Waals surface area (Å²) in [7, 11) is 0. The van der Waals surface area contributed by atoms with Crippen LogP contribution in [0, 0.1) is 5.92 Å². The van der Waals surface area contributed by atoms with E-state index in [9.17, 15) is 0 Å². The molecule has 0 heterocycles. The fourth-order valence-electron chi connectivity index (χ4n) is 4.69. The van der Waals surface area contributed by atoms with Gasteiger partial charge in [-0.2, -0.15) is 50.5 Å². The van der Waals surface area contributed by atoms with Crippen LogP contribution in [0.25, 0.3) is 0 Å². The molecule has 4 heteroatoms. The van der Waals surface area contributed by atoms with Gasteiger partial charge in [-0.1, -0.05) is 96.8 Å². The van der Waals surface area contributed by atoms with Crippen molar-refractivity contribution in [2.24, 2.45) is 5.92 Å². The molecule has 0 aliphatic carbocycles. The molecule has 0 spiro atoms. The van der Waals surface area contributed by atoms with Crippen molar-refractivity contribution in [1.29, 1.82) is 0 Å². The fraction of sp³-hybridized carbons (Fsp3) is 1.00. The molecule has 2 unspecified atom stereocenters. The Morgan fingerprint density at radius 3 is 1.47 bits per heavy atom. The molecule has 30 heavy (non-hydrogen) atoms. The van der Waals surface area contributed by atoms with Gasteiger partial charge in [0.1, 0.15) is 0 Å². The lowest BCUT2D eigenvalue weighted by atomic mass is 9.78. The zero-order chi connectivity index (χ0) is 22.3. The average molecular weight is 495 g/mol. The molecule has 0 radical (unpaired) electrons. The van der Waals surface area contributed by atoms with Crippen LogP contribution in [0.5, 0.6) is 0 Å². The Morgan fingerprint density at radius 2 is 0.933 bits per heavy atom. The Hall–Kier alpha value is 1.40. The third-order valence-electron chi connectivity index (χ3n) is 6.68. The first kappa shape index (κ1) is 31.4. The Labute approximate surface area is 212 Å². The zero-order valence-electron chi connectivity index (χ0n) is 20.1. The fourth-order valence-corrected chi connectivity index (χ4v) is 6.02. The van der Waals surface area contributed by atoms with Gasteiger partial charge >= 0.3 is 0 Å². The van der Waals surface area contributed by atoms with Crippen LogP contribution in [0.2, 0.25) is 0 Å². The average Bonchev–Trinajstić information content (AvgIpc) is 2.74. The van der Waals surface area contributed by atoms with E-state index in [0.717, 1.165) is 23.2 Å². The number of thiol groups is 4. The summed E-state index contributed by atoms with van der Waals surface area (Å²) in [6, 6.07) is 0. The van der Waals surface area contributed by atoms with Crippen molar-refractivity contribution in [2.75, 3.05) is 17.3 Å². The quantitative estimate of drug-likeness (QED) is 0.0744. The highest BCUT2D eigenvalue weighted by molar-refractivity contribution is 7.82. The molecule has 0 rings (SSSR count). The molecule has 0 aliphatic rings. The van der Waals surface area contributed by atoms with Crippen LogP contribution in [0.3, 0.4) is 0 Å². The third kappa shape index (κ3) is 17.9. The summed E-state index contributed by atoms with van der Waals surface area (Å²) in [5.74, 6) is 3.77. The highest BCUT2D eigenvalue weighted by atomic mass is 32.1. The van der Waals surface area contributed by atoms with Crippen LogP contribution < -0.4 is 0 Å². The SMILES string of the molecule is CCCCCCCCCCC(CCS)C(S)(CCCCS)CCCCCCCCS. The molecule has 0 N–H and O–H groups in total. The molecule has 0 aromatic heterocycles. The number of hydrogen-bond acceptors (Lipinski definition) is 4. The normalized spacial score (nSPS) is 14.7. The van der Waals surface area contributed by atoms with Crippen LogP contribution in [-0.4, -0.2) is 22.0 Å². The first-order valence-corrected chi connectivity index (χ1v) is 15.5. The molecule has 0 aliphatic heterocycles. The van der Waals surface area contributed by atoms with E-state index in [1.54, 1.807) is 0 Å². The topological polar surface area (TPSA) is 0 Å². The first-order valence-electron chi connectivity index (χ1n) is 13.2. The molecule has 182 valence electrons. The standard InChI is InChI=1S/C26H54S4/c1-2-3-4-5-6-7-10-13-18-25(19-24-29)26(30,21-15-17-23-28)20-14-11-8-9-12-16-22-27/h25,27-30H,2-24H2,1H3. The van der Waals surface area contributed by atoms with Crippen molar-refractivity contribution in [2.45, 2.75) is 140 Å². The molecular formula is C26H54S4. The highest BCUT2D eigenvalue weighted by Crippen LogP contribution is 2.41. The highest BCUT2D eigenvalue weighted by Gasteiger charge is 2.33. The van der Waals surface area contributed by atoms with Crippen molar-refractivity contribution < 1.29 is 0 Å². The van der Waals surface area contributed by atoms with Gasteiger partial charge in [0.15, 0.2) is 0 Å². The van der Waals surface area contributed by atoms with Gasteiger partial charge < -0.3 is 0 Å². The van der Waals surface area contributed by atoms with E-state index in [4.69, 9.17) is 12.6 Å². The summed E-state index contributed by atoms with van der Waals surface area (Å²) >= 11 is 18.8. The largest absolute Gasteiger partial charge is 0.179 e. The van der Waals surface area contributed by atoms with Crippen molar-refractivity contribution in [3.63, 3.8) is 0 Å². The van der Waals surface area contributed by atoms with E-state index in [1.165, 1.54) is 128 Å². The van der Waals surface area contributed by atoms with Gasteiger partial charge in [-0.15, -0.1) is 0 Å². The Balaban J connectivity index is 4.43. The molecule has 0 aromatic rings. The molecule has 0 amide bonds. The first-order chi connectivity index (χ1) is 14.6. The maximum atomic E-state index is 5.39. The summed E-state index contributed by atoms with van der Waals surface area (Å²) in [4.78, 5) is 0. The summed E-state index contributed by atoms with van der Waals surface area (Å²) < 4.78 is 0.206. The van der Waals surface area contributed by atoms with Crippen molar-refractivity contribution in [3.05, 3.63) is 0 Å². The third-order valence-corrected chi connectivity index (χ3v) is 8.38. The molecule has 0 nitrogen and oxygen atoms in total. The molecule has 0 saturated carbocycles. The Bertz CT molecular complexity index is 337. The van der Waals surface area contributed by atoms with Crippen molar-refractivity contribution in [1.82, 2.24) is 0 Å². The lowest BCUT2D eigenvalue weighted by molar-refractivity contribution is 0.290. The molecule has 0 aromatic carbocycles. The Kier molecular flexibility index (Phi) is 24.7. The zero-order valence-corrected chi connectivity index (χ0v) is 23.7. The molecule has 0 bridgehead atoms. The monoisotopic (exact) mass is 494 g/mol. The summed E-state index contributed by atoms with van der Waals surface area (Å²) in [5.41, 5.74) is 0. The molecular weight excluding hydrogens is 441 g/mol. The smallest absolute Gasteiger partial charge is 0.0158 e. The predicted octanol–water partition coefficient (Wildman–Crippen LogP) is 9.88. The molecule has 0 saturated heterocycles. The van der Waals surface area contributed by atoms with Crippen LogP contribution >= 0.6 is 50.5 Å². The number of hydrogen-bond donors (Lipinski definition) is 4. The second-order valence-corrected chi connectivity index (χ2v) is 11.6. The van der Waals surface area contributed by atoms with Crippen LogP contribution in [0.4, 0.5) is 0 Å². The van der Waals surface area contributed by atoms with Crippen LogP contribution in [0.1, 0.15) is 135 Å². The lowest BCUT2D eigenvalue weighted by Crippen LogP contribution is -2.33. The minimum atomic E-state index is 0.206. The van der Waals surface area contributed by atoms with E-state index < -0.39 is 0 Å². The predicted molar refractivity (Wildman–Crippen MR) is 155 cm³/mol. The van der Waals surface area contributed by atoms with Crippen molar-refractivity contribution in [3.8, 4) is 0 Å². The summed E-state index contributed by atoms with van der Waals surface area (Å²) in [6.07, 6.45) is 26.9. The van der Waals surface area contributed by atoms with Gasteiger partial charge in [-0.3, -0.25) is 0 Å². The minimum absolute atomic E-state index is 0.206. The van der Waals surface area contributed by atoms with Gasteiger partial charge in [-0.25, -0.2) is 0 Å². The molecule has 2 atom stereocenters. The van der Waals surface area contributed by atoms with E-state index in [-0.39, 0.29) is 4.75 Å². The van der Waals surface area contributed by atoms with E-state index in [2.05, 4.69) is 44.8 Å². The van der Waals surface area contributed by atoms with Crippen molar-refractivity contribution >= 4 is 50.5 Å².